The molecule has 2 aromatic carbocycles. The van der Waals surface area contributed by atoms with Gasteiger partial charge in [-0.2, -0.15) is 0 Å². The van der Waals surface area contributed by atoms with Crippen molar-refractivity contribution in [3.8, 4) is 0 Å². The second-order valence-electron chi connectivity index (χ2n) is 5.45. The first-order valence-corrected chi connectivity index (χ1v) is 8.84. The van der Waals surface area contributed by atoms with Crippen LogP contribution >= 0.6 is 0 Å². The molecule has 0 spiro atoms. The van der Waals surface area contributed by atoms with E-state index in [2.05, 4.69) is 18.3 Å². The van der Waals surface area contributed by atoms with Crippen molar-refractivity contribution in [1.82, 2.24) is 0 Å². The summed E-state index contributed by atoms with van der Waals surface area (Å²) in [7, 11) is -1.29. The van der Waals surface area contributed by atoms with Gasteiger partial charge in [-0.25, -0.2) is 4.21 Å². The Hall–Kier alpha value is -2.14. The smallest absolute Gasteiger partial charge is 0.221 e. The molecule has 23 heavy (non-hydrogen) atoms. The third kappa shape index (κ3) is 4.66. The average molecular weight is 330 g/mol. The summed E-state index contributed by atoms with van der Waals surface area (Å²) >= 11 is 0. The lowest BCUT2D eigenvalue weighted by Crippen LogP contribution is -2.08. The molecule has 0 bridgehead atoms. The van der Waals surface area contributed by atoms with Crippen molar-refractivity contribution in [2.24, 2.45) is 0 Å². The summed E-state index contributed by atoms with van der Waals surface area (Å²) in [4.78, 5) is 12.5. The van der Waals surface area contributed by atoms with Gasteiger partial charge in [0.05, 0.1) is 22.2 Å². The quantitative estimate of drug-likeness (QED) is 0.793. The molecule has 0 aliphatic carbocycles. The first kappa shape index (κ1) is 17.2. The van der Waals surface area contributed by atoms with Crippen LogP contribution in [0.2, 0.25) is 0 Å². The van der Waals surface area contributed by atoms with Gasteiger partial charge in [0.1, 0.15) is 0 Å². The molecule has 1 atom stereocenters. The molecule has 0 saturated carbocycles. The van der Waals surface area contributed by atoms with Crippen molar-refractivity contribution in [3.05, 3.63) is 48.0 Å². The minimum atomic E-state index is -1.29. The Kier molecular flexibility index (Phi) is 5.93. The molecule has 0 radical (unpaired) electrons. The van der Waals surface area contributed by atoms with E-state index in [1.165, 1.54) is 12.5 Å². The summed E-state index contributed by atoms with van der Waals surface area (Å²) in [6, 6.07) is 12.9. The van der Waals surface area contributed by atoms with Gasteiger partial charge in [0.25, 0.3) is 0 Å². The van der Waals surface area contributed by atoms with E-state index in [4.69, 9.17) is 5.73 Å². The number of amides is 1. The summed E-state index contributed by atoms with van der Waals surface area (Å²) in [5, 5.41) is 2.65. The molecule has 4 nitrogen and oxygen atoms in total. The number of hydrogen-bond acceptors (Lipinski definition) is 3. The molecule has 2 rings (SSSR count). The molecular weight excluding hydrogens is 308 g/mol. The molecule has 1 amide bonds. The second-order valence-corrected chi connectivity index (χ2v) is 6.93. The summed E-state index contributed by atoms with van der Waals surface area (Å²) in [6.07, 6.45) is 3.24. The first-order valence-electron chi connectivity index (χ1n) is 7.69. The predicted molar refractivity (Wildman–Crippen MR) is 94.9 cm³/mol. The Bertz CT molecular complexity index is 729. The number of carbonyl (C=O) groups excluding carboxylic acids is 1. The number of benzene rings is 2. The van der Waals surface area contributed by atoms with Gasteiger partial charge in [0, 0.05) is 16.7 Å². The SMILES string of the molecule is CCCCc1cccc(S(=O)c2ccc(NC(C)=O)c(N)c2)c1. The molecule has 5 heteroatoms. The van der Waals surface area contributed by atoms with Gasteiger partial charge in [-0.05, 0) is 48.7 Å². The maximum Gasteiger partial charge on any atom is 0.221 e. The van der Waals surface area contributed by atoms with Crippen LogP contribution in [0.25, 0.3) is 0 Å². The zero-order chi connectivity index (χ0) is 16.8. The summed E-state index contributed by atoms with van der Waals surface area (Å²) in [5.41, 5.74) is 8.07. The van der Waals surface area contributed by atoms with Crippen LogP contribution in [0.4, 0.5) is 11.4 Å². The zero-order valence-electron chi connectivity index (χ0n) is 13.5. The Labute approximate surface area is 139 Å². The van der Waals surface area contributed by atoms with Crippen molar-refractivity contribution in [2.45, 2.75) is 42.9 Å². The van der Waals surface area contributed by atoms with Crippen LogP contribution in [0.3, 0.4) is 0 Å². The standard InChI is InChI=1S/C18H22N2O2S/c1-3-4-6-14-7-5-8-15(11-14)23(22)16-9-10-18(17(19)12-16)20-13(2)21/h5,7-12H,3-4,6,19H2,1-2H3,(H,20,21). The molecule has 0 saturated heterocycles. The normalized spacial score (nSPS) is 11.9. The van der Waals surface area contributed by atoms with Crippen LogP contribution in [-0.4, -0.2) is 10.1 Å². The number of aryl methyl sites for hydroxylation is 1. The van der Waals surface area contributed by atoms with E-state index in [0.29, 0.717) is 16.3 Å². The molecule has 0 aromatic heterocycles. The number of nitrogen functional groups attached to an aromatic ring is 1. The molecular formula is C18H22N2O2S. The van der Waals surface area contributed by atoms with Gasteiger partial charge in [-0.1, -0.05) is 25.5 Å². The van der Waals surface area contributed by atoms with Crippen molar-refractivity contribution in [2.75, 3.05) is 11.1 Å². The lowest BCUT2D eigenvalue weighted by molar-refractivity contribution is -0.114. The Morgan fingerprint density at radius 1 is 1.17 bits per heavy atom. The van der Waals surface area contributed by atoms with E-state index in [1.807, 2.05) is 18.2 Å². The van der Waals surface area contributed by atoms with Crippen molar-refractivity contribution in [1.29, 1.82) is 0 Å². The van der Waals surface area contributed by atoms with E-state index >= 15 is 0 Å². The fraction of sp³-hybridized carbons (Fsp3) is 0.278. The largest absolute Gasteiger partial charge is 0.397 e. The van der Waals surface area contributed by atoms with Crippen molar-refractivity contribution >= 4 is 28.1 Å². The first-order chi connectivity index (χ1) is 11.0. The Morgan fingerprint density at radius 2 is 1.91 bits per heavy atom. The number of nitrogens with one attached hydrogen (secondary N) is 1. The van der Waals surface area contributed by atoms with Crippen LogP contribution in [0.15, 0.2) is 52.3 Å². The minimum absolute atomic E-state index is 0.186. The van der Waals surface area contributed by atoms with Crippen LogP contribution in [-0.2, 0) is 22.0 Å². The van der Waals surface area contributed by atoms with Crippen LogP contribution in [0.1, 0.15) is 32.3 Å². The maximum atomic E-state index is 12.7. The van der Waals surface area contributed by atoms with Gasteiger partial charge in [0.15, 0.2) is 0 Å². The van der Waals surface area contributed by atoms with Gasteiger partial charge >= 0.3 is 0 Å². The zero-order valence-corrected chi connectivity index (χ0v) is 14.3. The lowest BCUT2D eigenvalue weighted by atomic mass is 10.1. The molecule has 0 aliphatic heterocycles. The average Bonchev–Trinajstić information content (AvgIpc) is 2.54. The summed E-state index contributed by atoms with van der Waals surface area (Å²) in [5.74, 6) is -0.186. The number of anilines is 2. The highest BCUT2D eigenvalue weighted by Gasteiger charge is 2.10. The fourth-order valence-electron chi connectivity index (χ4n) is 2.29. The summed E-state index contributed by atoms with van der Waals surface area (Å²) < 4.78 is 12.7. The number of carbonyl (C=O) groups is 1. The van der Waals surface area contributed by atoms with Crippen LogP contribution in [0, 0.1) is 0 Å². The third-order valence-corrected chi connectivity index (χ3v) is 4.84. The highest BCUT2D eigenvalue weighted by Crippen LogP contribution is 2.25. The maximum absolute atomic E-state index is 12.7. The topological polar surface area (TPSA) is 72.2 Å². The molecule has 1 unspecified atom stereocenters. The van der Waals surface area contributed by atoms with Crippen molar-refractivity contribution < 1.29 is 9.00 Å². The molecule has 3 N–H and O–H groups in total. The highest BCUT2D eigenvalue weighted by molar-refractivity contribution is 7.85. The highest BCUT2D eigenvalue weighted by atomic mass is 32.2. The van der Waals surface area contributed by atoms with Gasteiger partial charge in [0.2, 0.25) is 5.91 Å². The Morgan fingerprint density at radius 3 is 2.57 bits per heavy atom. The number of hydrogen-bond donors (Lipinski definition) is 2. The molecule has 122 valence electrons. The van der Waals surface area contributed by atoms with E-state index in [0.717, 1.165) is 24.2 Å². The van der Waals surface area contributed by atoms with E-state index in [1.54, 1.807) is 18.2 Å². The van der Waals surface area contributed by atoms with E-state index in [9.17, 15) is 9.00 Å². The van der Waals surface area contributed by atoms with E-state index in [-0.39, 0.29) is 5.91 Å². The van der Waals surface area contributed by atoms with Gasteiger partial charge in [-0.3, -0.25) is 4.79 Å². The molecule has 0 aliphatic rings. The van der Waals surface area contributed by atoms with E-state index < -0.39 is 10.8 Å². The molecule has 2 aromatic rings. The molecule has 0 heterocycles. The van der Waals surface area contributed by atoms with Crippen molar-refractivity contribution in [3.63, 3.8) is 0 Å². The van der Waals surface area contributed by atoms with Gasteiger partial charge in [-0.15, -0.1) is 0 Å². The lowest BCUT2D eigenvalue weighted by Gasteiger charge is -2.09. The van der Waals surface area contributed by atoms with Crippen LogP contribution < -0.4 is 11.1 Å². The number of nitrogens with two attached hydrogens (primary N) is 1. The second kappa shape index (κ2) is 7.92. The number of rotatable bonds is 6. The van der Waals surface area contributed by atoms with Crippen LogP contribution in [0.5, 0.6) is 0 Å². The molecule has 0 fully saturated rings. The number of unbranched alkanes of at least 4 members (excludes halogenated alkanes) is 1. The minimum Gasteiger partial charge on any atom is -0.397 e. The fourth-order valence-corrected chi connectivity index (χ4v) is 3.45. The Balaban J connectivity index is 2.23. The third-order valence-electron chi connectivity index (χ3n) is 3.48. The monoisotopic (exact) mass is 330 g/mol. The van der Waals surface area contributed by atoms with Gasteiger partial charge < -0.3 is 11.1 Å². The predicted octanol–water partition coefficient (Wildman–Crippen LogP) is 3.74. The summed E-state index contributed by atoms with van der Waals surface area (Å²) in [6.45, 7) is 3.58.